The number of nitrogens with zero attached hydrogens (tertiary/aromatic N) is 3. The number of aromatic nitrogens is 3. The Morgan fingerprint density at radius 3 is 3.00 bits per heavy atom. The van der Waals surface area contributed by atoms with Crippen molar-refractivity contribution in [3.8, 4) is 0 Å². The number of para-hydroxylation sites is 1. The Balaban J connectivity index is 1.95. The summed E-state index contributed by atoms with van der Waals surface area (Å²) in [5.74, 6) is 0. The molecule has 6 nitrogen and oxygen atoms in total. The highest BCUT2D eigenvalue weighted by molar-refractivity contribution is 7.03. The number of H-pyrrole nitrogens is 1. The molecule has 1 aromatic carbocycles. The average molecular weight is 296 g/mol. The highest BCUT2D eigenvalue weighted by Crippen LogP contribution is 1.98. The molecule has 7 heteroatoms. The lowest BCUT2D eigenvalue weighted by molar-refractivity contribution is 0.484. The van der Waals surface area contributed by atoms with Gasteiger partial charge in [0.25, 0.3) is 0 Å². The Labute approximate surface area is 121 Å². The second kappa shape index (κ2) is 4.64. The third-order valence-corrected chi connectivity index (χ3v) is 3.56. The van der Waals surface area contributed by atoms with Gasteiger partial charge in [-0.25, -0.2) is 9.79 Å². The normalized spacial score (nSPS) is 16.5. The van der Waals surface area contributed by atoms with Gasteiger partial charge >= 0.3 is 5.63 Å². The zero-order chi connectivity index (χ0) is 14.2. The van der Waals surface area contributed by atoms with Gasteiger partial charge in [-0.3, -0.25) is 0 Å². The number of benzene rings is 1. The van der Waals surface area contributed by atoms with Crippen LogP contribution >= 0.6 is 11.5 Å². The molecule has 0 saturated heterocycles. The monoisotopic (exact) mass is 296 g/mol. The van der Waals surface area contributed by atoms with Crippen molar-refractivity contribution in [3.05, 3.63) is 67.2 Å². The largest absolute Gasteiger partial charge is 0.402 e. The first-order valence-corrected chi connectivity index (χ1v) is 7.01. The van der Waals surface area contributed by atoms with Crippen molar-refractivity contribution in [1.29, 1.82) is 0 Å². The van der Waals surface area contributed by atoms with Crippen molar-refractivity contribution >= 4 is 29.4 Å². The van der Waals surface area contributed by atoms with E-state index in [2.05, 4.69) is 19.6 Å². The third kappa shape index (κ3) is 2.13. The fourth-order valence-electron chi connectivity index (χ4n) is 2.08. The molecule has 1 N–H and O–H groups in total. The molecule has 0 radical (unpaired) electrons. The number of hydrogen-bond donors (Lipinski definition) is 1. The van der Waals surface area contributed by atoms with E-state index >= 15 is 0 Å². The molecule has 0 aliphatic carbocycles. The van der Waals surface area contributed by atoms with Crippen LogP contribution < -0.4 is 27.1 Å². The summed E-state index contributed by atoms with van der Waals surface area (Å²) < 4.78 is 8.97. The predicted molar refractivity (Wildman–Crippen MR) is 77.2 cm³/mol. The number of fused-ring (bicyclic) bond motifs is 1. The lowest BCUT2D eigenvalue weighted by Gasteiger charge is -1.82. The summed E-state index contributed by atoms with van der Waals surface area (Å²) in [6, 6.07) is 7.72. The fraction of sp³-hybridized carbons (Fsp3) is 0. The maximum absolute atomic E-state index is 11.9. The molecule has 0 saturated carbocycles. The van der Waals surface area contributed by atoms with E-state index in [1.165, 1.54) is 11.5 Å². The number of nitrogens with one attached hydrogen (secondary N) is 1. The number of aromatic amines is 1. The maximum atomic E-state index is 11.9. The van der Waals surface area contributed by atoms with E-state index in [9.17, 15) is 4.79 Å². The fourth-order valence-corrected chi connectivity index (χ4v) is 2.49. The van der Waals surface area contributed by atoms with E-state index in [-0.39, 0.29) is 0 Å². The average Bonchev–Trinajstić information content (AvgIpc) is 3.19. The van der Waals surface area contributed by atoms with Crippen molar-refractivity contribution in [2.45, 2.75) is 0 Å². The van der Waals surface area contributed by atoms with Crippen molar-refractivity contribution in [1.82, 2.24) is 14.6 Å². The quantitative estimate of drug-likeness (QED) is 0.616. The smallest absolute Gasteiger partial charge is 0.361 e. The van der Waals surface area contributed by atoms with Crippen LogP contribution in [0.4, 0.5) is 0 Å². The molecule has 0 spiro atoms. The SMILES string of the molecule is O=c1oc(=C2C=c3ccccc3=N2)[nH]/c1=C/c1csnn1. The Kier molecular flexibility index (Phi) is 2.65. The molecule has 1 aliphatic rings. The molecular formula is C14H8N4O2S. The van der Waals surface area contributed by atoms with Crippen molar-refractivity contribution in [2.75, 3.05) is 0 Å². The lowest BCUT2D eigenvalue weighted by Crippen LogP contribution is -2.21. The minimum atomic E-state index is -0.454. The van der Waals surface area contributed by atoms with Gasteiger partial charge in [-0.1, -0.05) is 22.7 Å². The van der Waals surface area contributed by atoms with Gasteiger partial charge in [0.05, 0.1) is 5.36 Å². The molecule has 3 heterocycles. The van der Waals surface area contributed by atoms with Crippen LogP contribution in [0.15, 0.2) is 43.8 Å². The summed E-state index contributed by atoms with van der Waals surface area (Å²) >= 11 is 1.22. The van der Waals surface area contributed by atoms with E-state index in [1.54, 1.807) is 11.5 Å². The molecule has 3 aromatic rings. The van der Waals surface area contributed by atoms with E-state index in [4.69, 9.17) is 4.42 Å². The first-order chi connectivity index (χ1) is 10.3. The van der Waals surface area contributed by atoms with Crippen molar-refractivity contribution in [2.24, 2.45) is 4.99 Å². The minimum absolute atomic E-state index is 0.324. The zero-order valence-corrected chi connectivity index (χ0v) is 11.4. The third-order valence-electron chi connectivity index (χ3n) is 3.03. The van der Waals surface area contributed by atoms with E-state index in [0.29, 0.717) is 22.3 Å². The van der Waals surface area contributed by atoms with E-state index < -0.39 is 5.63 Å². The molecule has 4 rings (SSSR count). The summed E-state index contributed by atoms with van der Waals surface area (Å²) in [6.07, 6.45) is 3.47. The molecule has 0 amide bonds. The van der Waals surface area contributed by atoms with Gasteiger partial charge in [0, 0.05) is 10.6 Å². The molecule has 21 heavy (non-hydrogen) atoms. The Hall–Kier alpha value is -2.80. The van der Waals surface area contributed by atoms with Gasteiger partial charge in [-0.05, 0) is 29.8 Å². The standard InChI is InChI=1S/C14H8N4O2S/c19-14-12(6-9-7-21-18-17-9)16-13(20-14)11-5-8-3-1-2-4-10(8)15-11/h1-7,16H/b12-6+,13-11?. The van der Waals surface area contributed by atoms with Crippen LogP contribution in [-0.4, -0.2) is 14.6 Å². The summed E-state index contributed by atoms with van der Waals surface area (Å²) in [7, 11) is 0. The van der Waals surface area contributed by atoms with Crippen LogP contribution in [0.5, 0.6) is 0 Å². The second-order valence-electron chi connectivity index (χ2n) is 4.43. The van der Waals surface area contributed by atoms with Crippen LogP contribution in [0, 0.1) is 0 Å². The Morgan fingerprint density at radius 2 is 2.19 bits per heavy atom. The van der Waals surface area contributed by atoms with Crippen LogP contribution in [0.1, 0.15) is 5.69 Å². The predicted octanol–water partition coefficient (Wildman–Crippen LogP) is -1.13. The molecule has 1 aliphatic heterocycles. The molecule has 0 unspecified atom stereocenters. The van der Waals surface area contributed by atoms with Gasteiger partial charge in [-0.15, -0.1) is 5.10 Å². The second-order valence-corrected chi connectivity index (χ2v) is 5.04. The molecule has 0 atom stereocenters. The molecular weight excluding hydrogens is 288 g/mol. The van der Waals surface area contributed by atoms with Crippen molar-refractivity contribution in [3.63, 3.8) is 0 Å². The van der Waals surface area contributed by atoms with Crippen molar-refractivity contribution < 1.29 is 4.42 Å². The summed E-state index contributed by atoms with van der Waals surface area (Å²) in [4.78, 5) is 19.2. The van der Waals surface area contributed by atoms with Crippen LogP contribution in [-0.2, 0) is 0 Å². The number of rotatable bonds is 1. The molecule has 102 valence electrons. The van der Waals surface area contributed by atoms with E-state index in [0.717, 1.165) is 10.6 Å². The molecule has 0 bridgehead atoms. The first kappa shape index (κ1) is 12.0. The number of oxazole rings is 1. The molecule has 0 fully saturated rings. The van der Waals surface area contributed by atoms with Gasteiger partial charge in [-0.2, -0.15) is 0 Å². The summed E-state index contributed by atoms with van der Waals surface area (Å²) in [6.45, 7) is 0. The van der Waals surface area contributed by atoms with Gasteiger partial charge in [0.1, 0.15) is 16.7 Å². The highest BCUT2D eigenvalue weighted by Gasteiger charge is 2.05. The minimum Gasteiger partial charge on any atom is -0.402 e. The van der Waals surface area contributed by atoms with Crippen LogP contribution in [0.2, 0.25) is 0 Å². The topological polar surface area (TPSA) is 84.1 Å². The maximum Gasteiger partial charge on any atom is 0.361 e. The highest BCUT2D eigenvalue weighted by atomic mass is 32.1. The van der Waals surface area contributed by atoms with E-state index in [1.807, 2.05) is 30.3 Å². The summed E-state index contributed by atoms with van der Waals surface area (Å²) in [5.41, 5.74) is 1.10. The first-order valence-electron chi connectivity index (χ1n) is 6.17. The molecule has 2 aromatic heterocycles. The zero-order valence-electron chi connectivity index (χ0n) is 10.6. The Morgan fingerprint density at radius 1 is 1.29 bits per heavy atom. The van der Waals surface area contributed by atoms with Gasteiger partial charge in [0.2, 0.25) is 5.55 Å². The summed E-state index contributed by atoms with van der Waals surface area (Å²) in [5, 5.41) is 7.79. The van der Waals surface area contributed by atoms with Crippen LogP contribution in [0.25, 0.3) is 17.8 Å². The lowest BCUT2D eigenvalue weighted by atomic mass is 10.3. The van der Waals surface area contributed by atoms with Gasteiger partial charge in [0.15, 0.2) is 0 Å². The Bertz CT molecular complexity index is 1070. The van der Waals surface area contributed by atoms with Gasteiger partial charge < -0.3 is 9.40 Å². The van der Waals surface area contributed by atoms with Crippen LogP contribution in [0.3, 0.4) is 0 Å². The number of hydrogen-bond acceptors (Lipinski definition) is 6.